The van der Waals surface area contributed by atoms with Gasteiger partial charge in [0, 0.05) is 51.3 Å². The minimum atomic E-state index is -0.0568. The molecule has 6 heteroatoms. The fourth-order valence-electron chi connectivity index (χ4n) is 4.17. The predicted molar refractivity (Wildman–Crippen MR) is 147 cm³/mol. The zero-order valence-electron chi connectivity index (χ0n) is 20.4. The third kappa shape index (κ3) is 6.97. The first-order valence-electron chi connectivity index (χ1n) is 12.2. The number of hydrogen-bond donors (Lipinski definition) is 1. The molecule has 3 aromatic carbocycles. The summed E-state index contributed by atoms with van der Waals surface area (Å²) >= 11 is 7.86. The first-order chi connectivity index (χ1) is 17.0. The number of hydrogen-bond acceptors (Lipinski definition) is 4. The third-order valence-corrected chi connectivity index (χ3v) is 7.45. The van der Waals surface area contributed by atoms with Crippen LogP contribution in [0.2, 0.25) is 5.02 Å². The van der Waals surface area contributed by atoms with Gasteiger partial charge in [-0.05, 0) is 68.3 Å². The highest BCUT2D eigenvalue weighted by Gasteiger charge is 2.17. The van der Waals surface area contributed by atoms with Crippen molar-refractivity contribution in [3.05, 3.63) is 88.4 Å². The van der Waals surface area contributed by atoms with Crippen molar-refractivity contribution in [3.8, 4) is 0 Å². The highest BCUT2D eigenvalue weighted by atomic mass is 35.5. The van der Waals surface area contributed by atoms with E-state index >= 15 is 0 Å². The molecule has 1 N–H and O–H groups in total. The molecule has 35 heavy (non-hydrogen) atoms. The number of rotatable bonds is 10. The Morgan fingerprint density at radius 3 is 2.57 bits per heavy atom. The van der Waals surface area contributed by atoms with Gasteiger partial charge in [-0.3, -0.25) is 14.7 Å². The molecule has 1 aliphatic rings. The molecule has 0 aliphatic carbocycles. The van der Waals surface area contributed by atoms with Crippen molar-refractivity contribution in [1.29, 1.82) is 0 Å². The van der Waals surface area contributed by atoms with Gasteiger partial charge in [-0.25, -0.2) is 0 Å². The molecule has 0 saturated carbocycles. The van der Waals surface area contributed by atoms with Gasteiger partial charge in [0.2, 0.25) is 0 Å². The van der Waals surface area contributed by atoms with E-state index in [9.17, 15) is 4.79 Å². The van der Waals surface area contributed by atoms with E-state index in [1.54, 1.807) is 11.8 Å². The number of benzene rings is 3. The summed E-state index contributed by atoms with van der Waals surface area (Å²) in [6.45, 7) is 7.83. The first-order valence-corrected chi connectivity index (χ1v) is 13.4. The fourth-order valence-corrected chi connectivity index (χ4v) is 5.37. The van der Waals surface area contributed by atoms with Crippen molar-refractivity contribution in [3.63, 3.8) is 0 Å². The molecule has 3 aromatic rings. The van der Waals surface area contributed by atoms with Gasteiger partial charge < -0.3 is 5.32 Å². The second-order valence-corrected chi connectivity index (χ2v) is 10.4. The van der Waals surface area contributed by atoms with E-state index in [-0.39, 0.29) is 5.91 Å². The molecule has 0 saturated heterocycles. The molecule has 0 bridgehead atoms. The molecule has 0 atom stereocenters. The zero-order valence-corrected chi connectivity index (χ0v) is 22.0. The van der Waals surface area contributed by atoms with Crippen molar-refractivity contribution in [1.82, 2.24) is 10.2 Å². The number of unbranched alkanes of at least 4 members (excludes halogenated alkanes) is 1. The van der Waals surface area contributed by atoms with Crippen LogP contribution in [0, 0.1) is 0 Å². The van der Waals surface area contributed by atoms with Gasteiger partial charge in [0.1, 0.15) is 0 Å². The minimum absolute atomic E-state index is 0.0568. The van der Waals surface area contributed by atoms with Crippen LogP contribution in [-0.2, 0) is 6.54 Å². The van der Waals surface area contributed by atoms with Crippen LogP contribution in [0.15, 0.2) is 81.5 Å². The Hall–Kier alpha value is -2.60. The highest BCUT2D eigenvalue weighted by Crippen LogP contribution is 2.41. The largest absolute Gasteiger partial charge is 0.352 e. The van der Waals surface area contributed by atoms with Gasteiger partial charge in [-0.1, -0.05) is 67.0 Å². The van der Waals surface area contributed by atoms with Crippen LogP contribution >= 0.6 is 23.4 Å². The van der Waals surface area contributed by atoms with Gasteiger partial charge in [0.05, 0.1) is 5.69 Å². The molecule has 0 radical (unpaired) electrons. The number of halogens is 1. The van der Waals surface area contributed by atoms with Gasteiger partial charge in [0.15, 0.2) is 0 Å². The maximum atomic E-state index is 12.9. The first kappa shape index (κ1) is 25.5. The number of fused-ring (bicyclic) bond motifs is 2. The smallest absolute Gasteiger partial charge is 0.251 e. The van der Waals surface area contributed by atoms with E-state index < -0.39 is 0 Å². The SMILES string of the molecule is CCCCN(CCCNC(=O)c1ccc2c(c1)N=C(C)c1cc(Cl)ccc1S2)Cc1ccccc1. The van der Waals surface area contributed by atoms with Crippen LogP contribution in [0.3, 0.4) is 0 Å². The Morgan fingerprint density at radius 1 is 1.00 bits per heavy atom. The molecule has 4 nitrogen and oxygen atoms in total. The monoisotopic (exact) mass is 505 g/mol. The predicted octanol–water partition coefficient (Wildman–Crippen LogP) is 7.37. The van der Waals surface area contributed by atoms with Crippen LogP contribution in [0.1, 0.15) is 54.6 Å². The van der Waals surface area contributed by atoms with Crippen LogP contribution in [0.25, 0.3) is 0 Å². The van der Waals surface area contributed by atoms with Crippen LogP contribution in [0.4, 0.5) is 5.69 Å². The molecule has 0 unspecified atom stereocenters. The third-order valence-electron chi connectivity index (χ3n) is 6.07. The zero-order chi connectivity index (χ0) is 24.6. The maximum absolute atomic E-state index is 12.9. The van der Waals surface area contributed by atoms with Crippen LogP contribution < -0.4 is 5.32 Å². The van der Waals surface area contributed by atoms with E-state index in [4.69, 9.17) is 16.6 Å². The summed E-state index contributed by atoms with van der Waals surface area (Å²) in [5.74, 6) is -0.0568. The van der Waals surface area contributed by atoms with Gasteiger partial charge in [0.25, 0.3) is 5.91 Å². The standard InChI is InChI=1S/C29H32ClN3OS/c1-3-4-16-33(20-22-9-6-5-7-10-22)17-8-15-31-29(34)23-11-13-28-26(18-23)32-21(2)25-19-24(30)12-14-27(25)35-28/h5-7,9-14,18-19H,3-4,8,15-17,20H2,1-2H3,(H,31,34). The molecule has 4 rings (SSSR count). The van der Waals surface area contributed by atoms with E-state index in [0.717, 1.165) is 52.8 Å². The quantitative estimate of drug-likeness (QED) is 0.292. The van der Waals surface area contributed by atoms with E-state index in [2.05, 4.69) is 47.5 Å². The molecule has 1 amide bonds. The number of nitrogens with zero attached hydrogens (tertiary/aromatic N) is 2. The number of carbonyl (C=O) groups is 1. The van der Waals surface area contributed by atoms with Gasteiger partial charge >= 0.3 is 0 Å². The molecular formula is C29H32ClN3OS. The number of aliphatic imine (C=N–C) groups is 1. The molecule has 182 valence electrons. The second-order valence-electron chi connectivity index (χ2n) is 8.85. The summed E-state index contributed by atoms with van der Waals surface area (Å²) in [6.07, 6.45) is 3.28. The topological polar surface area (TPSA) is 44.7 Å². The normalized spacial score (nSPS) is 12.5. The minimum Gasteiger partial charge on any atom is -0.352 e. The molecule has 1 aliphatic heterocycles. The summed E-state index contributed by atoms with van der Waals surface area (Å²) in [5, 5.41) is 3.79. The summed E-state index contributed by atoms with van der Waals surface area (Å²) in [4.78, 5) is 22.3. The van der Waals surface area contributed by atoms with E-state index in [0.29, 0.717) is 17.1 Å². The molecule has 0 fully saturated rings. The summed E-state index contributed by atoms with van der Waals surface area (Å²) < 4.78 is 0. The number of carbonyl (C=O) groups excluding carboxylic acids is 1. The lowest BCUT2D eigenvalue weighted by atomic mass is 10.1. The lowest BCUT2D eigenvalue weighted by Crippen LogP contribution is -2.30. The Labute approximate surface area is 217 Å². The lowest BCUT2D eigenvalue weighted by Gasteiger charge is -2.22. The van der Waals surface area contributed by atoms with Crippen LogP contribution in [-0.4, -0.2) is 36.2 Å². The van der Waals surface area contributed by atoms with Gasteiger partial charge in [-0.15, -0.1) is 0 Å². The summed E-state index contributed by atoms with van der Waals surface area (Å²) in [5.41, 5.74) is 4.72. The molecule has 0 spiro atoms. The number of nitrogens with one attached hydrogen (secondary N) is 1. The Kier molecular flexibility index (Phi) is 9.02. The highest BCUT2D eigenvalue weighted by molar-refractivity contribution is 7.99. The van der Waals surface area contributed by atoms with Crippen molar-refractivity contribution in [2.45, 2.75) is 49.4 Å². The lowest BCUT2D eigenvalue weighted by molar-refractivity contribution is 0.0951. The number of amides is 1. The summed E-state index contributed by atoms with van der Waals surface area (Å²) in [6, 6.07) is 22.2. The van der Waals surface area contributed by atoms with Crippen molar-refractivity contribution < 1.29 is 4.79 Å². The van der Waals surface area contributed by atoms with Gasteiger partial charge in [-0.2, -0.15) is 0 Å². The Morgan fingerprint density at radius 2 is 1.77 bits per heavy atom. The average Bonchev–Trinajstić information content (AvgIpc) is 3.00. The van der Waals surface area contributed by atoms with E-state index in [1.807, 2.05) is 43.3 Å². The van der Waals surface area contributed by atoms with Crippen LogP contribution in [0.5, 0.6) is 0 Å². The Bertz CT molecular complexity index is 1200. The fraction of sp³-hybridized carbons (Fsp3) is 0.310. The molecular weight excluding hydrogens is 474 g/mol. The average molecular weight is 506 g/mol. The van der Waals surface area contributed by atoms with Crippen molar-refractivity contribution in [2.24, 2.45) is 4.99 Å². The van der Waals surface area contributed by atoms with Crippen molar-refractivity contribution >= 4 is 40.7 Å². The second kappa shape index (κ2) is 12.4. The summed E-state index contributed by atoms with van der Waals surface area (Å²) in [7, 11) is 0. The Balaban J connectivity index is 1.35. The maximum Gasteiger partial charge on any atom is 0.251 e. The van der Waals surface area contributed by atoms with Crippen molar-refractivity contribution in [2.75, 3.05) is 19.6 Å². The molecule has 0 aromatic heterocycles. The van der Waals surface area contributed by atoms with E-state index in [1.165, 1.54) is 18.4 Å². The molecule has 1 heterocycles.